The largest absolute Gasteiger partial charge is 0.478 e. The summed E-state index contributed by atoms with van der Waals surface area (Å²) in [5, 5.41) is 11.9. The van der Waals surface area contributed by atoms with E-state index in [1.165, 1.54) is 6.07 Å². The summed E-state index contributed by atoms with van der Waals surface area (Å²) in [5.74, 6) is -1.74. The molecule has 0 spiro atoms. The number of aromatic carboxylic acids is 1. The average Bonchev–Trinajstić information content (AvgIpc) is 2.85. The van der Waals surface area contributed by atoms with Crippen LogP contribution >= 0.6 is 0 Å². The molecule has 19 heavy (non-hydrogen) atoms. The van der Waals surface area contributed by atoms with Crippen LogP contribution in [0.4, 0.5) is 15.8 Å². The molecule has 1 aliphatic heterocycles. The number of carbonyl (C=O) groups is 1. The van der Waals surface area contributed by atoms with Crippen molar-refractivity contribution in [3.05, 3.63) is 23.5 Å². The van der Waals surface area contributed by atoms with Crippen LogP contribution in [0.2, 0.25) is 0 Å². The molecule has 0 saturated carbocycles. The summed E-state index contributed by atoms with van der Waals surface area (Å²) in [6.07, 6.45) is 1.92. The highest BCUT2D eigenvalue weighted by molar-refractivity contribution is 5.94. The lowest BCUT2D eigenvalue weighted by atomic mass is 10.1. The second-order valence-corrected chi connectivity index (χ2v) is 4.71. The number of ether oxygens (including phenoxy) is 1. The number of halogens is 1. The zero-order valence-electron chi connectivity index (χ0n) is 10.6. The summed E-state index contributed by atoms with van der Waals surface area (Å²) in [6, 6.07) is 2.15. The van der Waals surface area contributed by atoms with Gasteiger partial charge in [-0.05, 0) is 31.9 Å². The van der Waals surface area contributed by atoms with E-state index in [-0.39, 0.29) is 29.1 Å². The van der Waals surface area contributed by atoms with Crippen LogP contribution in [-0.2, 0) is 4.74 Å². The molecule has 2 atom stereocenters. The summed E-state index contributed by atoms with van der Waals surface area (Å²) >= 11 is 0. The van der Waals surface area contributed by atoms with E-state index in [1.54, 1.807) is 0 Å². The fourth-order valence-corrected chi connectivity index (χ4v) is 2.22. The number of benzene rings is 1. The molecule has 5 nitrogen and oxygen atoms in total. The van der Waals surface area contributed by atoms with E-state index < -0.39 is 11.8 Å². The number of hydrogen-bond acceptors (Lipinski definition) is 4. The average molecular weight is 268 g/mol. The van der Waals surface area contributed by atoms with Crippen molar-refractivity contribution in [3.8, 4) is 0 Å². The van der Waals surface area contributed by atoms with Gasteiger partial charge in [0.1, 0.15) is 5.82 Å². The maximum Gasteiger partial charge on any atom is 0.337 e. The maximum absolute atomic E-state index is 13.8. The lowest BCUT2D eigenvalue weighted by molar-refractivity contribution is 0.0698. The van der Waals surface area contributed by atoms with Crippen molar-refractivity contribution in [1.29, 1.82) is 0 Å². The summed E-state index contributed by atoms with van der Waals surface area (Å²) in [5.41, 5.74) is 5.41. The first-order valence-electron chi connectivity index (χ1n) is 6.19. The Kier molecular flexibility index (Phi) is 3.90. The molecular formula is C13H17FN2O3. The van der Waals surface area contributed by atoms with Gasteiger partial charge in [0.05, 0.1) is 17.4 Å². The minimum absolute atomic E-state index is 0.0187. The molecule has 1 aromatic rings. The monoisotopic (exact) mass is 268 g/mol. The number of nitrogen functional groups attached to an aromatic ring is 1. The molecule has 104 valence electrons. The second kappa shape index (κ2) is 5.44. The number of anilines is 2. The molecule has 1 heterocycles. The van der Waals surface area contributed by atoms with Crippen molar-refractivity contribution >= 4 is 17.3 Å². The molecule has 1 aromatic carbocycles. The number of carboxylic acid groups (broad SMARTS) is 1. The predicted octanol–water partition coefficient (Wildman–Crippen LogP) is 2.09. The highest BCUT2D eigenvalue weighted by Gasteiger charge is 2.23. The fourth-order valence-electron chi connectivity index (χ4n) is 2.22. The Labute approximate surface area is 110 Å². The zero-order chi connectivity index (χ0) is 14.0. The van der Waals surface area contributed by atoms with Gasteiger partial charge in [-0.15, -0.1) is 0 Å². The van der Waals surface area contributed by atoms with Crippen LogP contribution in [0.15, 0.2) is 12.1 Å². The van der Waals surface area contributed by atoms with Crippen molar-refractivity contribution in [2.24, 2.45) is 0 Å². The molecule has 1 aliphatic rings. The van der Waals surface area contributed by atoms with Gasteiger partial charge in [0, 0.05) is 18.3 Å². The smallest absolute Gasteiger partial charge is 0.337 e. The summed E-state index contributed by atoms with van der Waals surface area (Å²) in [7, 11) is 0. The molecule has 0 bridgehead atoms. The highest BCUT2D eigenvalue weighted by Crippen LogP contribution is 2.25. The quantitative estimate of drug-likeness (QED) is 0.728. The Morgan fingerprint density at radius 3 is 2.95 bits per heavy atom. The third-order valence-corrected chi connectivity index (χ3v) is 3.28. The van der Waals surface area contributed by atoms with Gasteiger partial charge in [-0.3, -0.25) is 0 Å². The Bertz CT molecular complexity index is 487. The number of rotatable bonds is 4. The molecule has 1 saturated heterocycles. The zero-order valence-corrected chi connectivity index (χ0v) is 10.6. The first-order chi connectivity index (χ1) is 8.99. The molecule has 0 amide bonds. The van der Waals surface area contributed by atoms with Gasteiger partial charge in [0.25, 0.3) is 0 Å². The molecule has 0 aromatic heterocycles. The van der Waals surface area contributed by atoms with Crippen molar-refractivity contribution < 1.29 is 19.0 Å². The molecule has 4 N–H and O–H groups in total. The summed E-state index contributed by atoms with van der Waals surface area (Å²) < 4.78 is 19.3. The van der Waals surface area contributed by atoms with Crippen LogP contribution in [0.5, 0.6) is 0 Å². The number of nitrogens with one attached hydrogen (secondary N) is 1. The maximum atomic E-state index is 13.8. The number of nitrogens with two attached hydrogens (primary N) is 1. The fraction of sp³-hybridized carbons (Fsp3) is 0.462. The summed E-state index contributed by atoms with van der Waals surface area (Å²) in [6.45, 7) is 2.59. The van der Waals surface area contributed by atoms with Crippen LogP contribution in [0, 0.1) is 5.82 Å². The van der Waals surface area contributed by atoms with Gasteiger partial charge in [-0.2, -0.15) is 0 Å². The number of hydrogen-bond donors (Lipinski definition) is 3. The van der Waals surface area contributed by atoms with Crippen molar-refractivity contribution in [2.75, 3.05) is 17.7 Å². The van der Waals surface area contributed by atoms with Crippen LogP contribution in [0.1, 0.15) is 30.1 Å². The van der Waals surface area contributed by atoms with Gasteiger partial charge in [-0.25, -0.2) is 9.18 Å². The molecule has 0 radical (unpaired) electrons. The Morgan fingerprint density at radius 1 is 1.63 bits per heavy atom. The van der Waals surface area contributed by atoms with Crippen LogP contribution < -0.4 is 11.1 Å². The van der Waals surface area contributed by atoms with E-state index in [9.17, 15) is 9.18 Å². The van der Waals surface area contributed by atoms with Crippen molar-refractivity contribution in [2.45, 2.75) is 31.9 Å². The van der Waals surface area contributed by atoms with Gasteiger partial charge in [0.2, 0.25) is 0 Å². The van der Waals surface area contributed by atoms with E-state index in [4.69, 9.17) is 15.6 Å². The van der Waals surface area contributed by atoms with E-state index in [1.807, 2.05) is 6.92 Å². The van der Waals surface area contributed by atoms with E-state index in [2.05, 4.69) is 5.32 Å². The first kappa shape index (κ1) is 13.6. The lowest BCUT2D eigenvalue weighted by Gasteiger charge is -2.22. The van der Waals surface area contributed by atoms with E-state index >= 15 is 0 Å². The standard InChI is InChI=1S/C13H17FN2O3/c1-7(12-3-2-4-19-12)16-11-5-8(13(17)18)10(15)6-9(11)14/h5-7,12,16H,2-4,15H2,1H3,(H,17,18)/t7-,12+/m0/s1. The van der Waals surface area contributed by atoms with Crippen LogP contribution in [0.3, 0.4) is 0 Å². The normalized spacial score (nSPS) is 20.2. The minimum atomic E-state index is -1.18. The Balaban J connectivity index is 2.19. The van der Waals surface area contributed by atoms with Gasteiger partial charge >= 0.3 is 5.97 Å². The van der Waals surface area contributed by atoms with Crippen molar-refractivity contribution in [3.63, 3.8) is 0 Å². The van der Waals surface area contributed by atoms with Gasteiger partial charge < -0.3 is 20.9 Å². The summed E-state index contributed by atoms with van der Waals surface area (Å²) in [4.78, 5) is 11.0. The van der Waals surface area contributed by atoms with E-state index in [0.717, 1.165) is 18.9 Å². The molecule has 0 unspecified atom stereocenters. The second-order valence-electron chi connectivity index (χ2n) is 4.71. The molecule has 0 aliphatic carbocycles. The molecule has 2 rings (SSSR count). The molecule has 1 fully saturated rings. The third-order valence-electron chi connectivity index (χ3n) is 3.28. The predicted molar refractivity (Wildman–Crippen MR) is 69.8 cm³/mol. The van der Waals surface area contributed by atoms with Crippen LogP contribution in [-0.4, -0.2) is 29.8 Å². The van der Waals surface area contributed by atoms with E-state index in [0.29, 0.717) is 6.61 Å². The first-order valence-corrected chi connectivity index (χ1v) is 6.19. The topological polar surface area (TPSA) is 84.6 Å². The molecule has 6 heteroatoms. The number of carboxylic acids is 1. The lowest BCUT2D eigenvalue weighted by Crippen LogP contribution is -2.30. The SMILES string of the molecule is C[C@H](Nc1cc(C(=O)O)c(N)cc1F)[C@H]1CCCO1. The Hall–Kier alpha value is -1.82. The molecular weight excluding hydrogens is 251 g/mol. The van der Waals surface area contributed by atoms with Crippen LogP contribution in [0.25, 0.3) is 0 Å². The van der Waals surface area contributed by atoms with Crippen molar-refractivity contribution in [1.82, 2.24) is 0 Å². The minimum Gasteiger partial charge on any atom is -0.478 e. The highest BCUT2D eigenvalue weighted by atomic mass is 19.1. The van der Waals surface area contributed by atoms with Gasteiger partial charge in [-0.1, -0.05) is 0 Å². The third kappa shape index (κ3) is 2.96. The van der Waals surface area contributed by atoms with Gasteiger partial charge in [0.15, 0.2) is 0 Å². The Morgan fingerprint density at radius 2 is 2.37 bits per heavy atom.